The van der Waals surface area contributed by atoms with Gasteiger partial charge in [-0.05, 0) is 81.6 Å². The van der Waals surface area contributed by atoms with E-state index in [1.165, 1.54) is 17.1 Å². The lowest BCUT2D eigenvalue weighted by atomic mass is 10.1. The first-order chi connectivity index (χ1) is 19.8. The van der Waals surface area contributed by atoms with E-state index in [-0.39, 0.29) is 35.6 Å². The number of nitrogens with one attached hydrogen (secondary N) is 3. The van der Waals surface area contributed by atoms with Crippen LogP contribution in [0.2, 0.25) is 0 Å². The number of likely N-dealkylation sites (tertiary alicyclic amines) is 1. The second kappa shape index (κ2) is 14.4. The summed E-state index contributed by atoms with van der Waals surface area (Å²) >= 11 is 0. The number of hydrogen-bond acceptors (Lipinski definition) is 6. The van der Waals surface area contributed by atoms with Crippen molar-refractivity contribution in [3.63, 3.8) is 0 Å². The highest BCUT2D eigenvalue weighted by molar-refractivity contribution is 6.12. The largest absolute Gasteiger partial charge is 0.326 e. The van der Waals surface area contributed by atoms with Gasteiger partial charge in [-0.3, -0.25) is 33.8 Å². The zero-order valence-electron chi connectivity index (χ0n) is 23.4. The Bertz CT molecular complexity index is 1290. The van der Waals surface area contributed by atoms with Crippen molar-refractivity contribution in [1.82, 2.24) is 9.80 Å². The molecular formula is C31H37N5O5. The molecule has 2 aliphatic heterocycles. The number of anilines is 3. The van der Waals surface area contributed by atoms with Crippen LogP contribution in [0.3, 0.4) is 0 Å². The molecule has 1 saturated heterocycles. The van der Waals surface area contributed by atoms with Crippen molar-refractivity contribution in [2.75, 3.05) is 36.1 Å². The lowest BCUT2D eigenvalue weighted by molar-refractivity contribution is -0.137. The summed E-state index contributed by atoms with van der Waals surface area (Å²) in [4.78, 5) is 63.7. The molecule has 41 heavy (non-hydrogen) atoms. The summed E-state index contributed by atoms with van der Waals surface area (Å²) in [5, 5.41) is 8.71. The van der Waals surface area contributed by atoms with E-state index in [2.05, 4.69) is 20.9 Å². The molecule has 0 aliphatic carbocycles. The minimum Gasteiger partial charge on any atom is -0.326 e. The van der Waals surface area contributed by atoms with Crippen LogP contribution in [0, 0.1) is 0 Å². The second-order valence-electron chi connectivity index (χ2n) is 10.5. The van der Waals surface area contributed by atoms with Crippen LogP contribution < -0.4 is 16.0 Å². The molecule has 1 fully saturated rings. The Hall–Kier alpha value is -4.31. The molecular weight excluding hydrogens is 522 g/mol. The summed E-state index contributed by atoms with van der Waals surface area (Å²) in [6.07, 6.45) is 7.65. The highest BCUT2D eigenvalue weighted by Crippen LogP contribution is 2.20. The molecule has 1 atom stereocenters. The van der Waals surface area contributed by atoms with Crippen molar-refractivity contribution < 1.29 is 24.0 Å². The van der Waals surface area contributed by atoms with E-state index in [0.29, 0.717) is 55.7 Å². The molecule has 2 aliphatic rings. The maximum Gasteiger partial charge on any atom is 0.253 e. The van der Waals surface area contributed by atoms with Crippen LogP contribution in [-0.2, 0) is 30.4 Å². The van der Waals surface area contributed by atoms with Crippen molar-refractivity contribution in [3.05, 3.63) is 66.2 Å². The summed E-state index contributed by atoms with van der Waals surface area (Å²) in [6.45, 7) is 1.29. The third-order valence-corrected chi connectivity index (χ3v) is 7.30. The van der Waals surface area contributed by atoms with Gasteiger partial charge in [-0.1, -0.05) is 24.6 Å². The van der Waals surface area contributed by atoms with Crippen LogP contribution in [0.1, 0.15) is 50.5 Å². The predicted molar refractivity (Wildman–Crippen MR) is 157 cm³/mol. The summed E-state index contributed by atoms with van der Waals surface area (Å²) in [6, 6.07) is 14.4. The molecule has 5 amide bonds. The molecule has 1 unspecified atom stereocenters. The fraction of sp³-hybridized carbons (Fsp3) is 0.387. The van der Waals surface area contributed by atoms with Crippen molar-refractivity contribution in [1.29, 1.82) is 0 Å². The Labute approximate surface area is 240 Å². The number of benzene rings is 2. The van der Waals surface area contributed by atoms with E-state index in [4.69, 9.17) is 0 Å². The number of nitrogens with zero attached hydrogens (tertiary/aromatic N) is 2. The highest BCUT2D eigenvalue weighted by Gasteiger charge is 2.27. The Kier molecular flexibility index (Phi) is 10.4. The Morgan fingerprint density at radius 2 is 1.46 bits per heavy atom. The molecule has 10 nitrogen and oxygen atoms in total. The van der Waals surface area contributed by atoms with Gasteiger partial charge in [0, 0.05) is 48.6 Å². The van der Waals surface area contributed by atoms with E-state index in [1.807, 2.05) is 37.4 Å². The molecule has 10 heteroatoms. The molecule has 216 valence electrons. The van der Waals surface area contributed by atoms with E-state index in [9.17, 15) is 24.0 Å². The molecule has 0 saturated carbocycles. The van der Waals surface area contributed by atoms with Gasteiger partial charge >= 0.3 is 0 Å². The maximum atomic E-state index is 12.5. The number of likely N-dealkylation sites (N-methyl/N-ethyl adjacent to an activating group) is 1. The van der Waals surface area contributed by atoms with Gasteiger partial charge < -0.3 is 16.0 Å². The van der Waals surface area contributed by atoms with Crippen LogP contribution in [0.15, 0.2) is 60.7 Å². The minimum absolute atomic E-state index is 0.0310. The molecule has 0 bridgehead atoms. The molecule has 2 aromatic carbocycles. The zero-order chi connectivity index (χ0) is 29.2. The third-order valence-electron chi connectivity index (χ3n) is 7.30. The average Bonchev–Trinajstić information content (AvgIpc) is 3.52. The fourth-order valence-corrected chi connectivity index (χ4v) is 4.99. The second-order valence-corrected chi connectivity index (χ2v) is 10.5. The van der Waals surface area contributed by atoms with Gasteiger partial charge in [0.15, 0.2) is 0 Å². The smallest absolute Gasteiger partial charge is 0.253 e. The molecule has 3 N–H and O–H groups in total. The number of amides is 5. The first kappa shape index (κ1) is 29.7. The van der Waals surface area contributed by atoms with E-state index in [1.54, 1.807) is 18.2 Å². The lowest BCUT2D eigenvalue weighted by Crippen LogP contribution is -2.37. The van der Waals surface area contributed by atoms with E-state index >= 15 is 0 Å². The van der Waals surface area contributed by atoms with E-state index < -0.39 is 0 Å². The predicted octanol–water partition coefficient (Wildman–Crippen LogP) is 3.71. The van der Waals surface area contributed by atoms with E-state index in [0.717, 1.165) is 31.4 Å². The summed E-state index contributed by atoms with van der Waals surface area (Å²) in [5.41, 5.74) is 2.93. The molecule has 2 heterocycles. The summed E-state index contributed by atoms with van der Waals surface area (Å²) in [7, 11) is 1.95. The van der Waals surface area contributed by atoms with Gasteiger partial charge in [0.25, 0.3) is 11.8 Å². The van der Waals surface area contributed by atoms with Crippen molar-refractivity contribution in [2.45, 2.75) is 57.4 Å². The first-order valence-electron chi connectivity index (χ1n) is 14.1. The number of imide groups is 1. The molecule has 0 radical (unpaired) electrons. The van der Waals surface area contributed by atoms with Crippen molar-refractivity contribution in [3.8, 4) is 0 Å². The number of aryl methyl sites for hydroxylation is 1. The quantitative estimate of drug-likeness (QED) is 0.254. The first-order valence-corrected chi connectivity index (χ1v) is 14.1. The molecule has 0 aromatic heterocycles. The molecule has 2 aromatic rings. The van der Waals surface area contributed by atoms with Gasteiger partial charge in [0.05, 0.1) is 6.04 Å². The Morgan fingerprint density at radius 3 is 2.15 bits per heavy atom. The third kappa shape index (κ3) is 8.84. The van der Waals surface area contributed by atoms with Gasteiger partial charge in [0.1, 0.15) is 0 Å². The van der Waals surface area contributed by atoms with Crippen LogP contribution in [0.5, 0.6) is 0 Å². The van der Waals surface area contributed by atoms with Crippen LogP contribution in [-0.4, -0.2) is 65.5 Å². The van der Waals surface area contributed by atoms with Crippen LogP contribution in [0.25, 0.3) is 0 Å². The number of carbonyl (C=O) groups excluding carboxylic acids is 5. The number of rotatable bonds is 13. The molecule has 4 rings (SSSR count). The number of unbranched alkanes of at least 4 members (excludes halogenated alkanes) is 2. The van der Waals surface area contributed by atoms with Gasteiger partial charge in [-0.15, -0.1) is 0 Å². The minimum atomic E-state index is -0.281. The Balaban J connectivity index is 1.13. The van der Waals surface area contributed by atoms with Crippen LogP contribution >= 0.6 is 0 Å². The lowest BCUT2D eigenvalue weighted by Gasteiger charge is -2.18. The van der Waals surface area contributed by atoms with Crippen molar-refractivity contribution >= 4 is 46.6 Å². The van der Waals surface area contributed by atoms with Crippen molar-refractivity contribution in [2.24, 2.45) is 0 Å². The number of carbonyl (C=O) groups is 5. The topological polar surface area (TPSA) is 128 Å². The maximum absolute atomic E-state index is 12.5. The average molecular weight is 560 g/mol. The SMILES string of the molecule is CN1CCCC1C(=O)Nc1cccc(NC(=O)CCc2ccc(NC(=O)CCCCCN3C(=O)C=CC3=O)cc2)c1. The molecule has 0 spiro atoms. The van der Waals surface area contributed by atoms with Gasteiger partial charge in [0.2, 0.25) is 17.7 Å². The van der Waals surface area contributed by atoms with Gasteiger partial charge in [-0.2, -0.15) is 0 Å². The van der Waals surface area contributed by atoms with Gasteiger partial charge in [-0.25, -0.2) is 0 Å². The monoisotopic (exact) mass is 559 g/mol. The normalized spacial score (nSPS) is 16.7. The highest BCUT2D eigenvalue weighted by atomic mass is 16.2. The standard InChI is InChI=1S/C31H37N5O5/c1-35-19-6-9-26(35)31(41)34-25-8-5-7-24(21-25)33-28(38)16-13-22-11-14-23(15-12-22)32-27(37)10-3-2-4-20-36-29(39)17-18-30(36)40/h5,7-8,11-12,14-15,17-18,21,26H,2-4,6,9-10,13,16,19-20H2,1H3,(H,32,37)(H,33,38)(H,34,41). The Morgan fingerprint density at radius 1 is 0.805 bits per heavy atom. The summed E-state index contributed by atoms with van der Waals surface area (Å²) in [5.74, 6) is -0.818. The van der Waals surface area contributed by atoms with Crippen LogP contribution in [0.4, 0.5) is 17.1 Å². The fourth-order valence-electron chi connectivity index (χ4n) is 4.99. The number of hydrogen-bond donors (Lipinski definition) is 3. The summed E-state index contributed by atoms with van der Waals surface area (Å²) < 4.78 is 0. The zero-order valence-corrected chi connectivity index (χ0v) is 23.4.